The molecule has 2 N–H and O–H groups in total. The van der Waals surface area contributed by atoms with Crippen molar-refractivity contribution in [3.63, 3.8) is 0 Å². The number of nitrogens with zero attached hydrogens (tertiary/aromatic N) is 3. The molecule has 1 aromatic heterocycles. The maximum Gasteiger partial charge on any atom is 0.257 e. The number of aliphatic hydroxyl groups excluding tert-OH is 2. The molecule has 0 unspecified atom stereocenters. The highest BCUT2D eigenvalue weighted by Gasteiger charge is 2.32. The first-order chi connectivity index (χ1) is 12.1. The summed E-state index contributed by atoms with van der Waals surface area (Å²) in [4.78, 5) is 21.4. The highest BCUT2D eigenvalue weighted by Crippen LogP contribution is 2.28. The van der Waals surface area contributed by atoms with Crippen LogP contribution in [0.15, 0.2) is 18.3 Å². The first-order valence-electron chi connectivity index (χ1n) is 9.38. The van der Waals surface area contributed by atoms with E-state index in [1.165, 1.54) is 19.3 Å². The molecule has 25 heavy (non-hydrogen) atoms. The number of amides is 1. The Hall–Kier alpha value is -1.66. The molecule has 2 heterocycles. The third-order valence-electron chi connectivity index (χ3n) is 5.72. The van der Waals surface area contributed by atoms with Gasteiger partial charge in [0.15, 0.2) is 0 Å². The average Bonchev–Trinajstić information content (AvgIpc) is 2.67. The predicted octanol–water partition coefficient (Wildman–Crippen LogP) is 1.67. The number of rotatable bonds is 4. The van der Waals surface area contributed by atoms with Crippen molar-refractivity contribution in [2.24, 2.45) is 5.92 Å². The molecule has 0 spiro atoms. The summed E-state index contributed by atoms with van der Waals surface area (Å²) < 4.78 is 0. The molecule has 6 nitrogen and oxygen atoms in total. The van der Waals surface area contributed by atoms with Crippen LogP contribution in [0.5, 0.6) is 0 Å². The molecule has 6 heteroatoms. The lowest BCUT2D eigenvalue weighted by Crippen LogP contribution is -2.48. The zero-order valence-corrected chi connectivity index (χ0v) is 15.0. The lowest BCUT2D eigenvalue weighted by molar-refractivity contribution is 0.000881. The van der Waals surface area contributed by atoms with Gasteiger partial charge in [-0.1, -0.05) is 19.3 Å². The highest BCUT2D eigenvalue weighted by atomic mass is 16.3. The zero-order chi connectivity index (χ0) is 17.8. The molecule has 0 aromatic carbocycles. The van der Waals surface area contributed by atoms with Crippen molar-refractivity contribution in [3.05, 3.63) is 23.9 Å². The van der Waals surface area contributed by atoms with Crippen molar-refractivity contribution in [2.45, 2.75) is 50.7 Å². The first kappa shape index (κ1) is 18.1. The standard InChI is InChI=1S/C19H29N3O3/c1-21(15-6-3-2-4-7-15)18-16(8-5-10-20-18)19(25)22-11-9-14(13-23)17(24)12-22/h5,8,10,14-15,17,23-24H,2-4,6-7,9,11-13H2,1H3/t14-,17+/m0/s1. The van der Waals surface area contributed by atoms with Gasteiger partial charge < -0.3 is 20.0 Å². The minimum absolute atomic E-state index is 0.0360. The fourth-order valence-corrected chi connectivity index (χ4v) is 4.03. The second kappa shape index (κ2) is 8.15. The zero-order valence-electron chi connectivity index (χ0n) is 15.0. The molecule has 1 amide bonds. The Morgan fingerprint density at radius 3 is 2.76 bits per heavy atom. The first-order valence-corrected chi connectivity index (χ1v) is 9.38. The topological polar surface area (TPSA) is 76.9 Å². The molecule has 1 saturated heterocycles. The van der Waals surface area contributed by atoms with E-state index in [2.05, 4.69) is 9.88 Å². The summed E-state index contributed by atoms with van der Waals surface area (Å²) in [6.07, 6.45) is 7.71. The summed E-state index contributed by atoms with van der Waals surface area (Å²) in [5.74, 6) is 0.515. The van der Waals surface area contributed by atoms with Crippen LogP contribution in [0.25, 0.3) is 0 Å². The normalized spacial score (nSPS) is 25.0. The maximum absolute atomic E-state index is 13.0. The van der Waals surface area contributed by atoms with E-state index in [0.717, 1.165) is 18.7 Å². The molecule has 1 saturated carbocycles. The second-order valence-corrected chi connectivity index (χ2v) is 7.33. The number of aliphatic hydroxyl groups is 2. The number of hydrogen-bond acceptors (Lipinski definition) is 5. The number of hydrogen-bond donors (Lipinski definition) is 2. The molecule has 138 valence electrons. The predicted molar refractivity (Wildman–Crippen MR) is 96.6 cm³/mol. The van der Waals surface area contributed by atoms with Gasteiger partial charge in [0.1, 0.15) is 5.82 Å². The van der Waals surface area contributed by atoms with Gasteiger partial charge in [0.2, 0.25) is 0 Å². The number of likely N-dealkylation sites (tertiary alicyclic amines) is 1. The fourth-order valence-electron chi connectivity index (χ4n) is 4.03. The van der Waals surface area contributed by atoms with Crippen molar-refractivity contribution in [3.8, 4) is 0 Å². The summed E-state index contributed by atoms with van der Waals surface area (Å²) in [6, 6.07) is 4.05. The lowest BCUT2D eigenvalue weighted by atomic mass is 9.93. The molecule has 3 rings (SSSR count). The van der Waals surface area contributed by atoms with Crippen LogP contribution in [0, 0.1) is 5.92 Å². The van der Waals surface area contributed by atoms with Crippen molar-refractivity contribution in [1.29, 1.82) is 0 Å². The average molecular weight is 347 g/mol. The van der Waals surface area contributed by atoms with Gasteiger partial charge in [-0.2, -0.15) is 0 Å². The van der Waals surface area contributed by atoms with Crippen molar-refractivity contribution < 1.29 is 15.0 Å². The van der Waals surface area contributed by atoms with Crippen molar-refractivity contribution >= 4 is 11.7 Å². The highest BCUT2D eigenvalue weighted by molar-refractivity contribution is 5.99. The van der Waals surface area contributed by atoms with Crippen LogP contribution in [0.3, 0.4) is 0 Å². The van der Waals surface area contributed by atoms with Crippen molar-refractivity contribution in [1.82, 2.24) is 9.88 Å². The minimum Gasteiger partial charge on any atom is -0.396 e. The van der Waals surface area contributed by atoms with Gasteiger partial charge in [0, 0.05) is 44.9 Å². The molecule has 1 aliphatic heterocycles. The molecular weight excluding hydrogens is 318 g/mol. The monoisotopic (exact) mass is 347 g/mol. The Kier molecular flexibility index (Phi) is 5.91. The molecule has 0 radical (unpaired) electrons. The van der Waals surface area contributed by atoms with Gasteiger partial charge in [0.05, 0.1) is 11.7 Å². The SMILES string of the molecule is CN(c1ncccc1C(=O)N1CC[C@@H](CO)[C@H](O)C1)C1CCCCC1. The molecule has 1 aromatic rings. The molecule has 2 fully saturated rings. The Labute approximate surface area is 149 Å². The Balaban J connectivity index is 1.77. The molecule has 1 aliphatic carbocycles. The number of pyridine rings is 1. The van der Waals surface area contributed by atoms with E-state index in [-0.39, 0.29) is 25.0 Å². The van der Waals surface area contributed by atoms with Crippen LogP contribution < -0.4 is 4.90 Å². The number of carbonyl (C=O) groups excluding carboxylic acids is 1. The molecular formula is C19H29N3O3. The van der Waals surface area contributed by atoms with Crippen molar-refractivity contribution in [2.75, 3.05) is 31.6 Å². The van der Waals surface area contributed by atoms with E-state index < -0.39 is 6.10 Å². The number of aromatic nitrogens is 1. The summed E-state index contributed by atoms with van der Waals surface area (Å²) in [6.45, 7) is 0.792. The Bertz CT molecular complexity index is 589. The van der Waals surface area contributed by atoms with Gasteiger partial charge in [-0.05, 0) is 31.4 Å². The molecule has 2 aliphatic rings. The molecule has 2 atom stereocenters. The number of anilines is 1. The van der Waals surface area contributed by atoms with Gasteiger partial charge in [-0.15, -0.1) is 0 Å². The van der Waals surface area contributed by atoms with E-state index in [9.17, 15) is 15.0 Å². The smallest absolute Gasteiger partial charge is 0.257 e. The molecule has 0 bridgehead atoms. The van der Waals surface area contributed by atoms with Crippen LogP contribution in [-0.2, 0) is 0 Å². The number of carbonyl (C=O) groups is 1. The summed E-state index contributed by atoms with van der Waals surface area (Å²) in [5, 5.41) is 19.4. The van der Waals surface area contributed by atoms with E-state index in [0.29, 0.717) is 24.6 Å². The van der Waals surface area contributed by atoms with E-state index in [1.54, 1.807) is 17.2 Å². The number of β-amino-alcohol motifs (C(OH)–C–C–N with tert-alkyl or cyclic N) is 1. The van der Waals surface area contributed by atoms with Gasteiger partial charge in [-0.25, -0.2) is 4.98 Å². The summed E-state index contributed by atoms with van der Waals surface area (Å²) in [5.41, 5.74) is 0.602. The third-order valence-corrected chi connectivity index (χ3v) is 5.72. The van der Waals surface area contributed by atoms with Crippen LogP contribution in [0.1, 0.15) is 48.9 Å². The fraction of sp³-hybridized carbons (Fsp3) is 0.684. The Morgan fingerprint density at radius 1 is 1.32 bits per heavy atom. The number of piperidine rings is 1. The third kappa shape index (κ3) is 3.96. The summed E-state index contributed by atoms with van der Waals surface area (Å²) in [7, 11) is 2.03. The quantitative estimate of drug-likeness (QED) is 0.866. The largest absolute Gasteiger partial charge is 0.396 e. The minimum atomic E-state index is -0.668. The lowest BCUT2D eigenvalue weighted by Gasteiger charge is -2.36. The summed E-state index contributed by atoms with van der Waals surface area (Å²) >= 11 is 0. The van der Waals surface area contributed by atoms with E-state index in [4.69, 9.17) is 0 Å². The Morgan fingerprint density at radius 2 is 2.08 bits per heavy atom. The van der Waals surface area contributed by atoms with Crippen LogP contribution in [-0.4, -0.2) is 64.9 Å². The maximum atomic E-state index is 13.0. The van der Waals surface area contributed by atoms with Gasteiger partial charge in [-0.3, -0.25) is 4.79 Å². The second-order valence-electron chi connectivity index (χ2n) is 7.33. The van der Waals surface area contributed by atoms with Gasteiger partial charge in [0.25, 0.3) is 5.91 Å². The van der Waals surface area contributed by atoms with E-state index in [1.807, 2.05) is 13.1 Å². The van der Waals surface area contributed by atoms with Gasteiger partial charge >= 0.3 is 0 Å². The van der Waals surface area contributed by atoms with Crippen LogP contribution in [0.4, 0.5) is 5.82 Å². The van der Waals surface area contributed by atoms with E-state index >= 15 is 0 Å². The van der Waals surface area contributed by atoms with Crippen LogP contribution in [0.2, 0.25) is 0 Å². The van der Waals surface area contributed by atoms with Crippen LogP contribution >= 0.6 is 0 Å².